The van der Waals surface area contributed by atoms with Crippen LogP contribution in [0.1, 0.15) is 26.7 Å². The van der Waals surface area contributed by atoms with E-state index in [0.717, 1.165) is 4.88 Å². The van der Waals surface area contributed by atoms with Gasteiger partial charge in [-0.15, -0.1) is 11.3 Å². The summed E-state index contributed by atoms with van der Waals surface area (Å²) in [7, 11) is 0. The normalized spacial score (nSPS) is 10.8. The van der Waals surface area contributed by atoms with Crippen molar-refractivity contribution in [2.45, 2.75) is 20.1 Å². The summed E-state index contributed by atoms with van der Waals surface area (Å²) in [5.41, 5.74) is 0.499. The molecule has 1 amide bonds. The number of aryl methyl sites for hydroxylation is 1. The zero-order chi connectivity index (χ0) is 14.5. The molecule has 0 fully saturated rings. The number of carbonyl (C=O) groups is 1. The van der Waals surface area contributed by atoms with Crippen LogP contribution in [0.4, 0.5) is 0 Å². The molecule has 2 aromatic rings. The third kappa shape index (κ3) is 3.06. The van der Waals surface area contributed by atoms with Crippen molar-refractivity contribution in [1.29, 1.82) is 0 Å². The molecule has 0 saturated heterocycles. The molecule has 0 spiro atoms. The Morgan fingerprint density at radius 1 is 1.50 bits per heavy atom. The molecule has 0 unspecified atom stereocenters. The molecule has 6 nitrogen and oxygen atoms in total. The van der Waals surface area contributed by atoms with Crippen LogP contribution in [0.2, 0.25) is 0 Å². The number of amides is 1. The van der Waals surface area contributed by atoms with Gasteiger partial charge in [-0.1, -0.05) is 11.2 Å². The number of aliphatic hydroxyl groups is 2. The minimum atomic E-state index is -0.353. The lowest BCUT2D eigenvalue weighted by Gasteiger charge is -2.20. The summed E-state index contributed by atoms with van der Waals surface area (Å²) in [5.74, 6) is 0.0734. The number of carbonyl (C=O) groups excluding carboxylic acids is 1. The van der Waals surface area contributed by atoms with E-state index in [1.165, 1.54) is 16.2 Å². The lowest BCUT2D eigenvalue weighted by atomic mass is 10.2. The van der Waals surface area contributed by atoms with Gasteiger partial charge in [0.2, 0.25) is 0 Å². The fraction of sp³-hybridized carbons (Fsp3) is 0.385. The van der Waals surface area contributed by atoms with Gasteiger partial charge in [-0.3, -0.25) is 4.79 Å². The second-order valence-corrected chi connectivity index (χ2v) is 5.29. The van der Waals surface area contributed by atoms with Crippen LogP contribution in [-0.2, 0) is 13.2 Å². The molecule has 0 aliphatic rings. The molecule has 7 heteroatoms. The van der Waals surface area contributed by atoms with Gasteiger partial charge in [0.25, 0.3) is 5.91 Å². The average Bonchev–Trinajstić information content (AvgIpc) is 3.06. The summed E-state index contributed by atoms with van der Waals surface area (Å²) in [6, 6.07) is 3.82. The first-order chi connectivity index (χ1) is 9.67. The Balaban J connectivity index is 2.21. The Hall–Kier alpha value is -1.70. The molecule has 0 radical (unpaired) electrons. The van der Waals surface area contributed by atoms with Gasteiger partial charge in [0, 0.05) is 11.4 Å². The molecule has 0 saturated carbocycles. The van der Waals surface area contributed by atoms with Crippen molar-refractivity contribution in [2.75, 3.05) is 13.2 Å². The zero-order valence-corrected chi connectivity index (χ0v) is 11.9. The minimum absolute atomic E-state index is 0.106. The fourth-order valence-electron chi connectivity index (χ4n) is 1.86. The number of aromatic nitrogens is 1. The van der Waals surface area contributed by atoms with Crippen molar-refractivity contribution >= 4 is 17.2 Å². The van der Waals surface area contributed by atoms with Gasteiger partial charge in [-0.25, -0.2) is 0 Å². The predicted octanol–water partition coefficient (Wildman–Crippen LogP) is 1.17. The van der Waals surface area contributed by atoms with Crippen molar-refractivity contribution in [3.05, 3.63) is 39.4 Å². The summed E-state index contributed by atoms with van der Waals surface area (Å²) in [6.07, 6.45) is 0. The Bertz CT molecular complexity index is 565. The molecular weight excluding hydrogens is 280 g/mol. The number of aliphatic hydroxyl groups excluding tert-OH is 2. The molecule has 2 aromatic heterocycles. The number of thiophene rings is 1. The minimum Gasteiger partial charge on any atom is -0.395 e. The van der Waals surface area contributed by atoms with Crippen molar-refractivity contribution in [3.63, 3.8) is 0 Å². The highest BCUT2D eigenvalue weighted by molar-refractivity contribution is 7.09. The van der Waals surface area contributed by atoms with Gasteiger partial charge in [0.05, 0.1) is 25.3 Å². The summed E-state index contributed by atoms with van der Waals surface area (Å²) >= 11 is 1.54. The van der Waals surface area contributed by atoms with Crippen molar-refractivity contribution in [2.24, 2.45) is 0 Å². The molecule has 20 heavy (non-hydrogen) atoms. The highest BCUT2D eigenvalue weighted by Gasteiger charge is 2.24. The molecule has 0 aliphatic carbocycles. The van der Waals surface area contributed by atoms with E-state index in [9.17, 15) is 9.90 Å². The van der Waals surface area contributed by atoms with Crippen molar-refractivity contribution in [1.82, 2.24) is 10.1 Å². The second kappa shape index (κ2) is 6.65. The topological polar surface area (TPSA) is 86.8 Å². The van der Waals surface area contributed by atoms with E-state index in [1.54, 1.807) is 6.92 Å². The molecule has 2 N–H and O–H groups in total. The van der Waals surface area contributed by atoms with Crippen molar-refractivity contribution in [3.8, 4) is 0 Å². The summed E-state index contributed by atoms with van der Waals surface area (Å²) in [5, 5.41) is 24.0. The zero-order valence-electron chi connectivity index (χ0n) is 11.1. The molecule has 108 valence electrons. The summed E-state index contributed by atoms with van der Waals surface area (Å²) < 4.78 is 4.95. The highest BCUT2D eigenvalue weighted by Crippen LogP contribution is 2.18. The maximum atomic E-state index is 12.4. The lowest BCUT2D eigenvalue weighted by molar-refractivity contribution is 0.0696. The van der Waals surface area contributed by atoms with E-state index in [0.29, 0.717) is 17.9 Å². The predicted molar refractivity (Wildman–Crippen MR) is 73.3 cm³/mol. The van der Waals surface area contributed by atoms with Gasteiger partial charge in [-0.05, 0) is 18.4 Å². The largest absolute Gasteiger partial charge is 0.395 e. The summed E-state index contributed by atoms with van der Waals surface area (Å²) in [4.78, 5) is 14.9. The highest BCUT2D eigenvalue weighted by atomic mass is 32.1. The second-order valence-electron chi connectivity index (χ2n) is 4.25. The number of hydrogen-bond acceptors (Lipinski definition) is 6. The van der Waals surface area contributed by atoms with Crippen LogP contribution in [0.15, 0.2) is 22.0 Å². The Morgan fingerprint density at radius 3 is 2.90 bits per heavy atom. The molecule has 2 heterocycles. The quantitative estimate of drug-likeness (QED) is 0.835. The van der Waals surface area contributed by atoms with Crippen LogP contribution in [0.25, 0.3) is 0 Å². The van der Waals surface area contributed by atoms with Crippen LogP contribution in [0.3, 0.4) is 0 Å². The van der Waals surface area contributed by atoms with E-state index in [1.807, 2.05) is 17.5 Å². The molecule has 0 aromatic carbocycles. The smallest absolute Gasteiger partial charge is 0.276 e. The molecule has 2 rings (SSSR count). The first-order valence-electron chi connectivity index (χ1n) is 6.16. The lowest BCUT2D eigenvalue weighted by Crippen LogP contribution is -2.33. The van der Waals surface area contributed by atoms with Crippen LogP contribution < -0.4 is 0 Å². The molecule has 0 atom stereocenters. The van der Waals surface area contributed by atoms with E-state index < -0.39 is 0 Å². The average molecular weight is 296 g/mol. The van der Waals surface area contributed by atoms with Crippen LogP contribution in [0.5, 0.6) is 0 Å². The molecule has 0 aliphatic heterocycles. The van der Waals surface area contributed by atoms with Crippen LogP contribution in [0, 0.1) is 6.92 Å². The first kappa shape index (κ1) is 14.7. The fourth-order valence-corrected chi connectivity index (χ4v) is 2.58. The third-order valence-corrected chi connectivity index (χ3v) is 3.79. The van der Waals surface area contributed by atoms with E-state index >= 15 is 0 Å². The summed E-state index contributed by atoms with van der Waals surface area (Å²) in [6.45, 7) is 1.80. The van der Waals surface area contributed by atoms with Gasteiger partial charge >= 0.3 is 0 Å². The maximum absolute atomic E-state index is 12.4. The van der Waals surface area contributed by atoms with E-state index in [-0.39, 0.29) is 31.4 Å². The Labute approximate surface area is 120 Å². The van der Waals surface area contributed by atoms with Gasteiger partial charge < -0.3 is 19.6 Å². The molecule has 0 bridgehead atoms. The van der Waals surface area contributed by atoms with Crippen molar-refractivity contribution < 1.29 is 19.5 Å². The van der Waals surface area contributed by atoms with Gasteiger partial charge in [0.15, 0.2) is 5.69 Å². The van der Waals surface area contributed by atoms with Gasteiger partial charge in [-0.2, -0.15) is 0 Å². The number of nitrogens with zero attached hydrogens (tertiary/aromatic N) is 2. The van der Waals surface area contributed by atoms with Crippen LogP contribution >= 0.6 is 11.3 Å². The first-order valence-corrected chi connectivity index (χ1v) is 7.03. The standard InChI is InChI=1S/C13H16N2O4S/c1-9-11(8-17)12(14-19-9)13(18)15(4-5-16)7-10-3-2-6-20-10/h2-3,6,16-17H,4-5,7-8H2,1H3. The monoisotopic (exact) mass is 296 g/mol. The number of rotatable bonds is 6. The molecular formula is C13H16N2O4S. The van der Waals surface area contributed by atoms with E-state index in [4.69, 9.17) is 9.63 Å². The number of hydrogen-bond donors (Lipinski definition) is 2. The Kier molecular flexibility index (Phi) is 4.89. The third-order valence-electron chi connectivity index (χ3n) is 2.93. The Morgan fingerprint density at radius 2 is 2.30 bits per heavy atom. The van der Waals surface area contributed by atoms with E-state index in [2.05, 4.69) is 5.16 Å². The van der Waals surface area contributed by atoms with Gasteiger partial charge in [0.1, 0.15) is 5.76 Å². The SMILES string of the molecule is Cc1onc(C(=O)N(CCO)Cc2cccs2)c1CO. The maximum Gasteiger partial charge on any atom is 0.276 e. The van der Waals surface area contributed by atoms with Crippen LogP contribution in [-0.4, -0.2) is 39.3 Å².